The van der Waals surface area contributed by atoms with Gasteiger partial charge < -0.3 is 14.4 Å². The second-order valence-corrected chi connectivity index (χ2v) is 9.28. The van der Waals surface area contributed by atoms with Crippen LogP contribution in [0.25, 0.3) is 10.9 Å². The molecule has 0 spiro atoms. The number of carbonyl (C=O) groups is 1. The maximum atomic E-state index is 12.9. The van der Waals surface area contributed by atoms with Crippen molar-refractivity contribution >= 4 is 34.4 Å². The molecular weight excluding hydrogens is 420 g/mol. The normalized spacial score (nSPS) is 19.4. The standard InChI is InChI=1S/C25H28N4O2S/c30-25(29-14-12-28(13-15-29)17-19-10-16-31-18-19)21-6-8-22(9-7-21)27-32-23-5-1-3-20-4-2-11-26-24(20)23/h1-9,11,19,27H,10,12-18H2. The number of hydrogen-bond acceptors (Lipinski definition) is 6. The monoisotopic (exact) mass is 448 g/mol. The Balaban J connectivity index is 1.14. The molecule has 166 valence electrons. The Morgan fingerprint density at radius 2 is 1.88 bits per heavy atom. The van der Waals surface area contributed by atoms with E-state index in [9.17, 15) is 4.79 Å². The predicted molar refractivity (Wildman–Crippen MR) is 129 cm³/mol. The number of benzene rings is 2. The molecule has 1 amide bonds. The van der Waals surface area contributed by atoms with Gasteiger partial charge in [-0.15, -0.1) is 0 Å². The first-order chi connectivity index (χ1) is 15.8. The van der Waals surface area contributed by atoms with Crippen LogP contribution in [-0.2, 0) is 4.74 Å². The maximum Gasteiger partial charge on any atom is 0.253 e. The average Bonchev–Trinajstić information content (AvgIpc) is 3.36. The van der Waals surface area contributed by atoms with Crippen molar-refractivity contribution in [2.75, 3.05) is 50.7 Å². The van der Waals surface area contributed by atoms with E-state index < -0.39 is 0 Å². The summed E-state index contributed by atoms with van der Waals surface area (Å²) in [6.07, 6.45) is 2.98. The minimum absolute atomic E-state index is 0.117. The van der Waals surface area contributed by atoms with Crippen LogP contribution in [0.15, 0.2) is 65.7 Å². The number of pyridine rings is 1. The molecule has 2 saturated heterocycles. The van der Waals surface area contributed by atoms with Crippen molar-refractivity contribution in [3.8, 4) is 0 Å². The minimum Gasteiger partial charge on any atom is -0.381 e. The van der Waals surface area contributed by atoms with E-state index >= 15 is 0 Å². The third-order valence-corrected chi connectivity index (χ3v) is 7.09. The number of rotatable bonds is 6. The number of para-hydroxylation sites is 1. The third-order valence-electron chi connectivity index (χ3n) is 6.21. The molecule has 2 fully saturated rings. The van der Waals surface area contributed by atoms with E-state index in [0.717, 1.165) is 79.4 Å². The summed E-state index contributed by atoms with van der Waals surface area (Å²) in [5.41, 5.74) is 2.69. The molecule has 1 N–H and O–H groups in total. The molecule has 3 aromatic rings. The number of hydrogen-bond donors (Lipinski definition) is 1. The number of nitrogens with one attached hydrogen (secondary N) is 1. The Morgan fingerprint density at radius 3 is 2.66 bits per heavy atom. The van der Waals surface area contributed by atoms with Crippen LogP contribution in [0.4, 0.5) is 5.69 Å². The van der Waals surface area contributed by atoms with E-state index in [1.807, 2.05) is 47.5 Å². The van der Waals surface area contributed by atoms with Gasteiger partial charge in [0.2, 0.25) is 0 Å². The molecule has 3 heterocycles. The number of fused-ring (bicyclic) bond motifs is 1. The van der Waals surface area contributed by atoms with Crippen LogP contribution in [0.1, 0.15) is 16.8 Å². The van der Waals surface area contributed by atoms with Gasteiger partial charge in [0.25, 0.3) is 5.91 Å². The van der Waals surface area contributed by atoms with Crippen molar-refractivity contribution < 1.29 is 9.53 Å². The molecule has 7 heteroatoms. The van der Waals surface area contributed by atoms with Crippen LogP contribution < -0.4 is 4.72 Å². The fourth-order valence-corrected chi connectivity index (χ4v) is 5.14. The van der Waals surface area contributed by atoms with E-state index in [2.05, 4.69) is 32.8 Å². The molecular formula is C25H28N4O2S. The fourth-order valence-electron chi connectivity index (χ4n) is 4.36. The highest BCUT2D eigenvalue weighted by Gasteiger charge is 2.25. The second kappa shape index (κ2) is 9.90. The molecule has 0 saturated carbocycles. The number of ether oxygens (including phenoxy) is 1. The lowest BCUT2D eigenvalue weighted by molar-refractivity contribution is 0.0611. The first-order valence-corrected chi connectivity index (χ1v) is 12.0. The van der Waals surface area contributed by atoms with Crippen molar-refractivity contribution in [1.29, 1.82) is 0 Å². The van der Waals surface area contributed by atoms with Crippen LogP contribution in [0.3, 0.4) is 0 Å². The number of nitrogens with zero attached hydrogens (tertiary/aromatic N) is 3. The highest BCUT2D eigenvalue weighted by atomic mass is 32.2. The van der Waals surface area contributed by atoms with Crippen LogP contribution in [0.5, 0.6) is 0 Å². The Kier molecular flexibility index (Phi) is 6.57. The number of piperazine rings is 1. The highest BCUT2D eigenvalue weighted by molar-refractivity contribution is 8.00. The zero-order chi connectivity index (χ0) is 21.8. The predicted octanol–water partition coefficient (Wildman–Crippen LogP) is 4.15. The zero-order valence-corrected chi connectivity index (χ0v) is 18.9. The maximum absolute atomic E-state index is 12.9. The summed E-state index contributed by atoms with van der Waals surface area (Å²) in [6.45, 7) is 6.33. The number of anilines is 1. The molecule has 0 aliphatic carbocycles. The van der Waals surface area contributed by atoms with Crippen LogP contribution in [-0.4, -0.2) is 66.6 Å². The lowest BCUT2D eigenvalue weighted by Gasteiger charge is -2.35. The molecule has 1 aromatic heterocycles. The quantitative estimate of drug-likeness (QED) is 0.572. The van der Waals surface area contributed by atoms with Crippen molar-refractivity contribution in [3.05, 3.63) is 66.4 Å². The molecule has 2 aliphatic rings. The SMILES string of the molecule is O=C(c1ccc(NSc2cccc3cccnc23)cc1)N1CCN(CC2CCOC2)CC1. The van der Waals surface area contributed by atoms with E-state index in [-0.39, 0.29) is 5.91 Å². The summed E-state index contributed by atoms with van der Waals surface area (Å²) < 4.78 is 8.86. The first-order valence-electron chi connectivity index (χ1n) is 11.2. The zero-order valence-electron chi connectivity index (χ0n) is 18.1. The Bertz CT molecular complexity index is 1060. The molecule has 2 aliphatic heterocycles. The van der Waals surface area contributed by atoms with Gasteiger partial charge in [0.05, 0.1) is 17.0 Å². The average molecular weight is 449 g/mol. The first kappa shape index (κ1) is 21.2. The lowest BCUT2D eigenvalue weighted by Crippen LogP contribution is -2.49. The number of amides is 1. The van der Waals surface area contributed by atoms with Crippen LogP contribution in [0, 0.1) is 5.92 Å². The Hall–Kier alpha value is -2.61. The molecule has 1 unspecified atom stereocenters. The molecule has 0 bridgehead atoms. The summed E-state index contributed by atoms with van der Waals surface area (Å²) in [4.78, 5) is 23.0. The van der Waals surface area contributed by atoms with Crippen LogP contribution >= 0.6 is 11.9 Å². The highest BCUT2D eigenvalue weighted by Crippen LogP contribution is 2.27. The largest absolute Gasteiger partial charge is 0.381 e. The van der Waals surface area contributed by atoms with Crippen molar-refractivity contribution in [2.24, 2.45) is 5.92 Å². The van der Waals surface area contributed by atoms with E-state index in [1.54, 1.807) is 0 Å². The smallest absolute Gasteiger partial charge is 0.253 e. The van der Waals surface area contributed by atoms with Gasteiger partial charge in [-0.25, -0.2) is 0 Å². The summed E-state index contributed by atoms with van der Waals surface area (Å²) in [7, 11) is 0. The van der Waals surface area contributed by atoms with Crippen LogP contribution in [0.2, 0.25) is 0 Å². The summed E-state index contributed by atoms with van der Waals surface area (Å²) >= 11 is 1.54. The van der Waals surface area contributed by atoms with Crippen molar-refractivity contribution in [3.63, 3.8) is 0 Å². The van der Waals surface area contributed by atoms with E-state index in [0.29, 0.717) is 5.92 Å². The summed E-state index contributed by atoms with van der Waals surface area (Å²) in [6, 6.07) is 17.9. The minimum atomic E-state index is 0.117. The number of carbonyl (C=O) groups excluding carboxylic acids is 1. The van der Waals surface area contributed by atoms with Gasteiger partial charge >= 0.3 is 0 Å². The summed E-state index contributed by atoms with van der Waals surface area (Å²) in [5.74, 6) is 0.770. The Labute approximate surface area is 193 Å². The van der Waals surface area contributed by atoms with Gasteiger partial charge in [0.15, 0.2) is 0 Å². The molecule has 5 rings (SSSR count). The van der Waals surface area contributed by atoms with Gasteiger partial charge in [-0.2, -0.15) is 0 Å². The second-order valence-electron chi connectivity index (χ2n) is 8.44. The van der Waals surface area contributed by atoms with E-state index in [1.165, 1.54) is 11.9 Å². The van der Waals surface area contributed by atoms with Crippen molar-refractivity contribution in [2.45, 2.75) is 11.3 Å². The molecule has 0 radical (unpaired) electrons. The van der Waals surface area contributed by atoms with Gasteiger partial charge in [-0.05, 0) is 60.7 Å². The van der Waals surface area contributed by atoms with Gasteiger partial charge in [0, 0.05) is 62.2 Å². The summed E-state index contributed by atoms with van der Waals surface area (Å²) in [5, 5.41) is 1.12. The topological polar surface area (TPSA) is 57.7 Å². The van der Waals surface area contributed by atoms with E-state index in [4.69, 9.17) is 4.74 Å². The Morgan fingerprint density at radius 1 is 1.06 bits per heavy atom. The number of aromatic nitrogens is 1. The fraction of sp³-hybridized carbons (Fsp3) is 0.360. The third kappa shape index (κ3) is 4.90. The van der Waals surface area contributed by atoms with Gasteiger partial charge in [0.1, 0.15) is 0 Å². The molecule has 6 nitrogen and oxygen atoms in total. The molecule has 2 aromatic carbocycles. The molecule has 32 heavy (non-hydrogen) atoms. The molecule has 1 atom stereocenters. The lowest BCUT2D eigenvalue weighted by atomic mass is 10.1. The van der Waals surface area contributed by atoms with Gasteiger partial charge in [-0.1, -0.05) is 18.2 Å². The van der Waals surface area contributed by atoms with Crippen molar-refractivity contribution in [1.82, 2.24) is 14.8 Å². The van der Waals surface area contributed by atoms with Gasteiger partial charge in [-0.3, -0.25) is 14.7 Å².